The fraction of sp³-hybridized carbons (Fsp3) is 0.127. The van der Waals surface area contributed by atoms with Crippen molar-refractivity contribution in [3.63, 3.8) is 0 Å². The van der Waals surface area contributed by atoms with Gasteiger partial charge in [-0.1, -0.05) is 179 Å². The Morgan fingerprint density at radius 2 is 0.946 bits per heavy atom. The highest BCUT2D eigenvalue weighted by atomic mass is 15.0. The normalized spacial score (nSPS) is 14.6. The van der Waals surface area contributed by atoms with Crippen molar-refractivity contribution in [3.8, 4) is 39.1 Å². The van der Waals surface area contributed by atoms with Crippen LogP contribution < -0.4 is 0 Å². The number of hydrogen-bond acceptors (Lipinski definition) is 0. The molecule has 270 valence electrons. The summed E-state index contributed by atoms with van der Waals surface area (Å²) in [6, 6.07) is 61.1. The molecule has 0 saturated carbocycles. The fourth-order valence-corrected chi connectivity index (χ4v) is 8.89. The fourth-order valence-electron chi connectivity index (χ4n) is 8.89. The van der Waals surface area contributed by atoms with Crippen LogP contribution in [0, 0.1) is 5.92 Å². The van der Waals surface area contributed by atoms with Crippen molar-refractivity contribution in [2.75, 3.05) is 0 Å². The summed E-state index contributed by atoms with van der Waals surface area (Å²) in [6.45, 7) is 9.10. The molecule has 0 saturated heterocycles. The van der Waals surface area contributed by atoms with Gasteiger partial charge < -0.3 is 4.57 Å². The third kappa shape index (κ3) is 5.78. The van der Waals surface area contributed by atoms with Gasteiger partial charge >= 0.3 is 0 Å². The highest BCUT2D eigenvalue weighted by Gasteiger charge is 2.19. The molecular weight excluding hydrogens is 675 g/mol. The molecule has 9 aromatic rings. The molecule has 1 heterocycles. The zero-order valence-corrected chi connectivity index (χ0v) is 32.6. The molecule has 1 aromatic heterocycles. The summed E-state index contributed by atoms with van der Waals surface area (Å²) in [5.41, 5.74) is 15.2. The summed E-state index contributed by atoms with van der Waals surface area (Å²) < 4.78 is 2.42. The van der Waals surface area contributed by atoms with E-state index in [-0.39, 0.29) is 5.41 Å². The molecule has 10 rings (SSSR count). The maximum atomic E-state index is 2.42. The van der Waals surface area contributed by atoms with Gasteiger partial charge in [0.25, 0.3) is 0 Å². The van der Waals surface area contributed by atoms with Crippen molar-refractivity contribution < 1.29 is 0 Å². The molecule has 56 heavy (non-hydrogen) atoms. The van der Waals surface area contributed by atoms with Crippen LogP contribution in [-0.4, -0.2) is 4.57 Å². The Bertz CT molecular complexity index is 2940. The second-order valence-electron chi connectivity index (χ2n) is 16.6. The van der Waals surface area contributed by atoms with E-state index in [4.69, 9.17) is 0 Å². The van der Waals surface area contributed by atoms with Gasteiger partial charge in [0.15, 0.2) is 0 Å². The number of benzene rings is 8. The summed E-state index contributed by atoms with van der Waals surface area (Å²) in [4.78, 5) is 0. The Kier molecular flexibility index (Phi) is 8.15. The van der Waals surface area contributed by atoms with Gasteiger partial charge in [-0.3, -0.25) is 0 Å². The zero-order valence-electron chi connectivity index (χ0n) is 32.6. The summed E-state index contributed by atoms with van der Waals surface area (Å²) in [6.07, 6.45) is 8.05. The maximum Gasteiger partial charge on any atom is 0.0541 e. The molecule has 1 atom stereocenters. The smallest absolute Gasteiger partial charge is 0.0541 e. The predicted molar refractivity (Wildman–Crippen MR) is 242 cm³/mol. The van der Waals surface area contributed by atoms with Crippen LogP contribution in [0.5, 0.6) is 0 Å². The lowest BCUT2D eigenvalue weighted by molar-refractivity contribution is 0.590. The van der Waals surface area contributed by atoms with Crippen LogP contribution in [0.1, 0.15) is 45.2 Å². The standard InChI is InChI=1S/C55H45N/c1-36-17-19-37(20-18-36)38-21-23-39(24-22-38)42-29-34-52-50(35-42)45-11-9-10-16-51(45)56(52)44-32-27-41(28-33-44)54-48-14-7-5-12-46(48)53(47-13-6-8-15-49(47)54)40-25-30-43(31-26-40)55(2,3)4/h5-17,19-36H,18H2,1-4H3. The molecule has 0 N–H and O–H groups in total. The lowest BCUT2D eigenvalue weighted by atomic mass is 9.83. The Hall–Kier alpha value is -6.44. The minimum atomic E-state index is 0.109. The number of hydrogen-bond donors (Lipinski definition) is 0. The second kappa shape index (κ2) is 13.4. The van der Waals surface area contributed by atoms with Crippen LogP contribution in [0.25, 0.3) is 88.0 Å². The minimum absolute atomic E-state index is 0.109. The van der Waals surface area contributed by atoms with Gasteiger partial charge in [0.05, 0.1) is 11.0 Å². The van der Waals surface area contributed by atoms with Gasteiger partial charge in [0, 0.05) is 16.5 Å². The maximum absolute atomic E-state index is 2.42. The van der Waals surface area contributed by atoms with Gasteiger partial charge in [-0.2, -0.15) is 0 Å². The minimum Gasteiger partial charge on any atom is -0.309 e. The molecule has 0 bridgehead atoms. The molecule has 1 aliphatic carbocycles. The van der Waals surface area contributed by atoms with Crippen LogP contribution in [-0.2, 0) is 5.41 Å². The summed E-state index contributed by atoms with van der Waals surface area (Å²) in [5, 5.41) is 7.62. The average Bonchev–Trinajstić information content (AvgIpc) is 3.56. The molecular formula is C55H45N. The van der Waals surface area contributed by atoms with E-state index in [0.29, 0.717) is 5.92 Å². The number of fused-ring (bicyclic) bond motifs is 5. The number of para-hydroxylation sites is 1. The third-order valence-corrected chi connectivity index (χ3v) is 11.9. The number of aromatic nitrogens is 1. The first-order chi connectivity index (χ1) is 27.3. The van der Waals surface area contributed by atoms with Crippen LogP contribution in [0.4, 0.5) is 0 Å². The molecule has 0 amide bonds. The molecule has 0 spiro atoms. The largest absolute Gasteiger partial charge is 0.309 e. The van der Waals surface area contributed by atoms with E-state index in [1.807, 2.05) is 0 Å². The molecule has 1 nitrogen and oxygen atoms in total. The van der Waals surface area contributed by atoms with E-state index in [1.165, 1.54) is 93.4 Å². The molecule has 0 radical (unpaired) electrons. The summed E-state index contributed by atoms with van der Waals surface area (Å²) in [5.74, 6) is 0.616. The second-order valence-corrected chi connectivity index (χ2v) is 16.6. The van der Waals surface area contributed by atoms with Crippen molar-refractivity contribution >= 4 is 48.9 Å². The lowest BCUT2D eigenvalue weighted by Crippen LogP contribution is -2.10. The monoisotopic (exact) mass is 719 g/mol. The van der Waals surface area contributed by atoms with Gasteiger partial charge in [-0.25, -0.2) is 0 Å². The first kappa shape index (κ1) is 34.1. The van der Waals surface area contributed by atoms with Crippen LogP contribution in [0.2, 0.25) is 0 Å². The topological polar surface area (TPSA) is 4.93 Å². The van der Waals surface area contributed by atoms with Gasteiger partial charge in [0.2, 0.25) is 0 Å². The molecule has 0 aliphatic heterocycles. The van der Waals surface area contributed by atoms with Crippen molar-refractivity contribution in [1.29, 1.82) is 0 Å². The number of rotatable bonds is 5. The van der Waals surface area contributed by atoms with E-state index in [2.05, 4.69) is 214 Å². The highest BCUT2D eigenvalue weighted by molar-refractivity contribution is 6.21. The number of nitrogens with zero attached hydrogens (tertiary/aromatic N) is 1. The molecule has 8 aromatic carbocycles. The van der Waals surface area contributed by atoms with Crippen molar-refractivity contribution in [1.82, 2.24) is 4.57 Å². The lowest BCUT2D eigenvalue weighted by Gasteiger charge is -2.21. The Labute approximate surface area is 329 Å². The van der Waals surface area contributed by atoms with Crippen molar-refractivity contribution in [2.45, 2.75) is 39.5 Å². The third-order valence-electron chi connectivity index (χ3n) is 11.9. The highest BCUT2D eigenvalue weighted by Crippen LogP contribution is 2.44. The van der Waals surface area contributed by atoms with Crippen molar-refractivity contribution in [2.24, 2.45) is 5.92 Å². The SMILES string of the molecule is CC1C=CC(c2ccc(-c3ccc4c(c3)c3ccccc3n4-c3ccc(-c4c5ccccc5c(-c5ccc(C(C)(C)C)cc5)c5ccccc45)cc3)cc2)=CC1. The van der Waals surface area contributed by atoms with Gasteiger partial charge in [-0.15, -0.1) is 0 Å². The van der Waals surface area contributed by atoms with Crippen LogP contribution in [0.3, 0.4) is 0 Å². The van der Waals surface area contributed by atoms with Gasteiger partial charge in [0.1, 0.15) is 0 Å². The molecule has 1 unspecified atom stereocenters. The first-order valence-electron chi connectivity index (χ1n) is 20.0. The summed E-state index contributed by atoms with van der Waals surface area (Å²) in [7, 11) is 0. The van der Waals surface area contributed by atoms with Crippen molar-refractivity contribution in [3.05, 3.63) is 193 Å². The predicted octanol–water partition coefficient (Wildman–Crippen LogP) is 15.4. The average molecular weight is 720 g/mol. The Morgan fingerprint density at radius 1 is 0.464 bits per heavy atom. The Morgan fingerprint density at radius 3 is 1.50 bits per heavy atom. The molecule has 0 fully saturated rings. The molecule has 1 aliphatic rings. The van der Waals surface area contributed by atoms with E-state index >= 15 is 0 Å². The van der Waals surface area contributed by atoms with Crippen LogP contribution in [0.15, 0.2) is 182 Å². The first-order valence-corrected chi connectivity index (χ1v) is 20.0. The zero-order chi connectivity index (χ0) is 38.0. The van der Waals surface area contributed by atoms with E-state index in [0.717, 1.165) is 12.1 Å². The summed E-state index contributed by atoms with van der Waals surface area (Å²) >= 11 is 0. The molecule has 1 heteroatoms. The quantitative estimate of drug-likeness (QED) is 0.156. The van der Waals surface area contributed by atoms with Crippen LogP contribution >= 0.6 is 0 Å². The van der Waals surface area contributed by atoms with E-state index in [9.17, 15) is 0 Å². The van der Waals surface area contributed by atoms with E-state index in [1.54, 1.807) is 0 Å². The van der Waals surface area contributed by atoms with E-state index < -0.39 is 0 Å². The van der Waals surface area contributed by atoms with Gasteiger partial charge in [-0.05, 0) is 120 Å². The Balaban J connectivity index is 1.06. The number of allylic oxidation sites excluding steroid dienone is 4.